The first kappa shape index (κ1) is 14.4. The summed E-state index contributed by atoms with van der Waals surface area (Å²) in [4.78, 5) is 11.9. The normalized spacial score (nSPS) is 10.1. The summed E-state index contributed by atoms with van der Waals surface area (Å²) in [6, 6.07) is 12.8. The van der Waals surface area contributed by atoms with Crippen molar-refractivity contribution < 1.29 is 9.53 Å². The summed E-state index contributed by atoms with van der Waals surface area (Å²) in [5.41, 5.74) is 8.05. The second-order valence-electron chi connectivity index (χ2n) is 4.34. The highest BCUT2D eigenvalue weighted by atomic mass is 79.9. The summed E-state index contributed by atoms with van der Waals surface area (Å²) in [6.45, 7) is 1.86. The molecule has 0 radical (unpaired) electrons. The highest BCUT2D eigenvalue weighted by molar-refractivity contribution is 9.10. The van der Waals surface area contributed by atoms with Gasteiger partial charge in [-0.3, -0.25) is 4.79 Å². The van der Waals surface area contributed by atoms with Crippen molar-refractivity contribution in [2.45, 2.75) is 6.92 Å². The van der Waals surface area contributed by atoms with E-state index < -0.39 is 0 Å². The Morgan fingerprint density at radius 1 is 1.30 bits per heavy atom. The highest BCUT2D eigenvalue weighted by Crippen LogP contribution is 2.27. The van der Waals surface area contributed by atoms with Gasteiger partial charge in [0.1, 0.15) is 5.75 Å². The number of hydrogen-bond donors (Lipinski definition) is 2. The first-order valence-corrected chi connectivity index (χ1v) is 6.89. The van der Waals surface area contributed by atoms with E-state index in [-0.39, 0.29) is 12.5 Å². The zero-order chi connectivity index (χ0) is 14.5. The Labute approximate surface area is 126 Å². The molecule has 0 aliphatic carbocycles. The Balaban J connectivity index is 1.96. The van der Waals surface area contributed by atoms with Gasteiger partial charge in [-0.15, -0.1) is 0 Å². The lowest BCUT2D eigenvalue weighted by Gasteiger charge is -2.10. The van der Waals surface area contributed by atoms with Crippen molar-refractivity contribution in [3.05, 3.63) is 52.5 Å². The highest BCUT2D eigenvalue weighted by Gasteiger charge is 2.07. The van der Waals surface area contributed by atoms with E-state index in [9.17, 15) is 4.79 Å². The van der Waals surface area contributed by atoms with Crippen LogP contribution in [0.25, 0.3) is 0 Å². The van der Waals surface area contributed by atoms with Crippen molar-refractivity contribution in [1.82, 2.24) is 0 Å². The molecular formula is C15H15BrN2O2. The van der Waals surface area contributed by atoms with Crippen molar-refractivity contribution >= 4 is 33.2 Å². The molecule has 0 saturated carbocycles. The molecule has 0 aliphatic heterocycles. The number of anilines is 2. The minimum atomic E-state index is -0.214. The zero-order valence-corrected chi connectivity index (χ0v) is 12.6. The van der Waals surface area contributed by atoms with E-state index in [1.807, 2.05) is 31.2 Å². The number of rotatable bonds is 4. The molecule has 2 aromatic rings. The van der Waals surface area contributed by atoms with E-state index >= 15 is 0 Å². The molecule has 20 heavy (non-hydrogen) atoms. The van der Waals surface area contributed by atoms with E-state index in [1.54, 1.807) is 18.2 Å². The minimum Gasteiger partial charge on any atom is -0.483 e. The van der Waals surface area contributed by atoms with Gasteiger partial charge in [0.15, 0.2) is 6.61 Å². The zero-order valence-electron chi connectivity index (χ0n) is 11.0. The Kier molecular flexibility index (Phi) is 4.63. The van der Waals surface area contributed by atoms with Crippen LogP contribution in [-0.2, 0) is 4.79 Å². The van der Waals surface area contributed by atoms with Gasteiger partial charge in [-0.2, -0.15) is 0 Å². The minimum absolute atomic E-state index is 0.0730. The van der Waals surface area contributed by atoms with Crippen molar-refractivity contribution in [1.29, 1.82) is 0 Å². The van der Waals surface area contributed by atoms with Gasteiger partial charge >= 0.3 is 0 Å². The van der Waals surface area contributed by atoms with E-state index in [1.165, 1.54) is 0 Å². The molecule has 0 bridgehead atoms. The number of ether oxygens (including phenoxy) is 1. The summed E-state index contributed by atoms with van der Waals surface area (Å²) in [7, 11) is 0. The van der Waals surface area contributed by atoms with Crippen LogP contribution in [0.5, 0.6) is 5.75 Å². The second kappa shape index (κ2) is 6.43. The van der Waals surface area contributed by atoms with Crippen LogP contribution in [0.4, 0.5) is 11.4 Å². The van der Waals surface area contributed by atoms with E-state index in [4.69, 9.17) is 10.5 Å². The molecule has 4 nitrogen and oxygen atoms in total. The molecule has 2 aromatic carbocycles. The molecule has 0 aliphatic rings. The number of hydrogen-bond acceptors (Lipinski definition) is 3. The number of amides is 1. The van der Waals surface area contributed by atoms with Crippen LogP contribution >= 0.6 is 15.9 Å². The fraction of sp³-hybridized carbons (Fsp3) is 0.133. The number of nitrogens with two attached hydrogens (primary N) is 1. The molecule has 0 saturated heterocycles. The van der Waals surface area contributed by atoms with E-state index in [2.05, 4.69) is 21.2 Å². The van der Waals surface area contributed by atoms with Crippen LogP contribution in [0.15, 0.2) is 46.9 Å². The van der Waals surface area contributed by atoms with E-state index in [0.29, 0.717) is 11.4 Å². The molecule has 5 heteroatoms. The topological polar surface area (TPSA) is 64.3 Å². The maximum Gasteiger partial charge on any atom is 0.262 e. The molecule has 2 rings (SSSR count). The van der Waals surface area contributed by atoms with Gasteiger partial charge in [-0.05, 0) is 46.6 Å². The van der Waals surface area contributed by atoms with Gasteiger partial charge < -0.3 is 15.8 Å². The number of nitrogen functional groups attached to an aromatic ring is 1. The summed E-state index contributed by atoms with van der Waals surface area (Å²) in [6.07, 6.45) is 0. The van der Waals surface area contributed by atoms with Crippen LogP contribution in [0.3, 0.4) is 0 Å². The average molecular weight is 335 g/mol. The number of halogens is 1. The second-order valence-corrected chi connectivity index (χ2v) is 5.20. The van der Waals surface area contributed by atoms with Crippen LogP contribution in [0.1, 0.15) is 5.56 Å². The lowest BCUT2D eigenvalue weighted by atomic mass is 10.2. The molecular weight excluding hydrogens is 320 g/mol. The largest absolute Gasteiger partial charge is 0.483 e. The molecule has 0 heterocycles. The summed E-state index contributed by atoms with van der Waals surface area (Å²) in [5.74, 6) is 0.332. The predicted molar refractivity (Wildman–Crippen MR) is 83.9 cm³/mol. The fourth-order valence-electron chi connectivity index (χ4n) is 1.67. The summed E-state index contributed by atoms with van der Waals surface area (Å²) >= 11 is 3.35. The number of benzene rings is 2. The van der Waals surface area contributed by atoms with Gasteiger partial charge in [0, 0.05) is 17.4 Å². The SMILES string of the molecule is Cc1ccccc1NC(=O)COc1cc(N)ccc1Br. The van der Waals surface area contributed by atoms with Crippen molar-refractivity contribution in [3.63, 3.8) is 0 Å². The molecule has 0 atom stereocenters. The maximum atomic E-state index is 11.9. The number of nitrogens with one attached hydrogen (secondary N) is 1. The number of para-hydroxylation sites is 1. The molecule has 0 fully saturated rings. The third-order valence-corrected chi connectivity index (χ3v) is 3.39. The van der Waals surface area contributed by atoms with Crippen molar-refractivity contribution in [3.8, 4) is 5.75 Å². The van der Waals surface area contributed by atoms with Crippen molar-refractivity contribution in [2.75, 3.05) is 17.7 Å². The molecule has 0 unspecified atom stereocenters. The predicted octanol–water partition coefficient (Wildman–Crippen LogP) is 3.36. The molecule has 104 valence electrons. The Morgan fingerprint density at radius 3 is 2.80 bits per heavy atom. The lowest BCUT2D eigenvalue weighted by molar-refractivity contribution is -0.118. The van der Waals surface area contributed by atoms with Gasteiger partial charge in [0.05, 0.1) is 4.47 Å². The smallest absolute Gasteiger partial charge is 0.262 e. The fourth-order valence-corrected chi connectivity index (χ4v) is 2.03. The quantitative estimate of drug-likeness (QED) is 0.842. The Hall–Kier alpha value is -2.01. The van der Waals surface area contributed by atoms with Gasteiger partial charge in [-0.1, -0.05) is 18.2 Å². The monoisotopic (exact) mass is 334 g/mol. The maximum absolute atomic E-state index is 11.9. The Morgan fingerprint density at radius 2 is 2.05 bits per heavy atom. The summed E-state index contributed by atoms with van der Waals surface area (Å²) in [5, 5.41) is 2.80. The Bertz CT molecular complexity index is 629. The lowest BCUT2D eigenvalue weighted by Crippen LogP contribution is -2.20. The number of aryl methyl sites for hydroxylation is 1. The number of carbonyl (C=O) groups excluding carboxylic acids is 1. The first-order valence-electron chi connectivity index (χ1n) is 6.09. The summed E-state index contributed by atoms with van der Waals surface area (Å²) < 4.78 is 6.21. The third kappa shape index (κ3) is 3.74. The number of carbonyl (C=O) groups is 1. The molecule has 0 aromatic heterocycles. The van der Waals surface area contributed by atoms with Gasteiger partial charge in [0.25, 0.3) is 5.91 Å². The van der Waals surface area contributed by atoms with Crippen molar-refractivity contribution in [2.24, 2.45) is 0 Å². The standard InChI is InChI=1S/C15H15BrN2O2/c1-10-4-2-3-5-13(10)18-15(19)9-20-14-8-11(17)6-7-12(14)16/h2-8H,9,17H2,1H3,(H,18,19). The molecule has 1 amide bonds. The van der Waals surface area contributed by atoms with Gasteiger partial charge in [0.2, 0.25) is 0 Å². The first-order chi connectivity index (χ1) is 9.56. The molecule has 3 N–H and O–H groups in total. The van der Waals surface area contributed by atoms with Gasteiger partial charge in [-0.25, -0.2) is 0 Å². The van der Waals surface area contributed by atoms with Crippen LogP contribution in [-0.4, -0.2) is 12.5 Å². The van der Waals surface area contributed by atoms with Crippen LogP contribution < -0.4 is 15.8 Å². The van der Waals surface area contributed by atoms with Crippen LogP contribution in [0, 0.1) is 6.92 Å². The van der Waals surface area contributed by atoms with E-state index in [0.717, 1.165) is 15.7 Å². The van der Waals surface area contributed by atoms with Crippen LogP contribution in [0.2, 0.25) is 0 Å². The third-order valence-electron chi connectivity index (χ3n) is 2.73. The average Bonchev–Trinajstić information content (AvgIpc) is 2.42. The molecule has 0 spiro atoms.